The molecule has 0 radical (unpaired) electrons. The number of rotatable bonds is 7. The normalized spacial score (nSPS) is 11.7. The molecule has 140 valence electrons. The van der Waals surface area contributed by atoms with Gasteiger partial charge in [0.25, 0.3) is 5.91 Å². The van der Waals surface area contributed by atoms with Crippen molar-refractivity contribution in [2.24, 2.45) is 0 Å². The molecule has 6 heteroatoms. The number of allylic oxidation sites excluding steroid dienone is 5. The second-order valence-corrected chi connectivity index (χ2v) is 6.13. The van der Waals surface area contributed by atoms with Crippen molar-refractivity contribution in [1.82, 2.24) is 15.0 Å². The lowest BCUT2D eigenvalue weighted by Crippen LogP contribution is -2.11. The third kappa shape index (κ3) is 4.67. The average molecular weight is 372 g/mol. The second-order valence-electron chi connectivity index (χ2n) is 6.13. The highest BCUT2D eigenvalue weighted by atomic mass is 16.1. The number of hydrogen-bond donors (Lipinski definition) is 2. The van der Waals surface area contributed by atoms with Crippen molar-refractivity contribution < 1.29 is 9.59 Å². The van der Waals surface area contributed by atoms with Gasteiger partial charge >= 0.3 is 0 Å². The number of fused-ring (bicyclic) bond motifs is 1. The third-order valence-corrected chi connectivity index (χ3v) is 4.03. The van der Waals surface area contributed by atoms with E-state index in [9.17, 15) is 9.59 Å². The van der Waals surface area contributed by atoms with Gasteiger partial charge in [-0.25, -0.2) is 4.98 Å². The van der Waals surface area contributed by atoms with Gasteiger partial charge in [-0.2, -0.15) is 0 Å². The number of ketones is 1. The lowest BCUT2D eigenvalue weighted by atomic mass is 10.1. The highest BCUT2D eigenvalue weighted by Crippen LogP contribution is 2.16. The summed E-state index contributed by atoms with van der Waals surface area (Å²) in [6.45, 7) is 5.12. The van der Waals surface area contributed by atoms with Gasteiger partial charge in [0.05, 0.1) is 22.9 Å². The molecule has 0 saturated heterocycles. The van der Waals surface area contributed by atoms with Gasteiger partial charge in [0.2, 0.25) is 0 Å². The van der Waals surface area contributed by atoms with Crippen LogP contribution in [0.4, 0.5) is 5.69 Å². The number of H-pyrrole nitrogens is 1. The van der Waals surface area contributed by atoms with Crippen LogP contribution in [-0.4, -0.2) is 26.6 Å². The van der Waals surface area contributed by atoms with E-state index in [2.05, 4.69) is 26.8 Å². The number of nitrogens with one attached hydrogen (secondary N) is 2. The average Bonchev–Trinajstić information content (AvgIpc) is 3.09. The first-order chi connectivity index (χ1) is 13.6. The highest BCUT2D eigenvalue weighted by Gasteiger charge is 2.09. The number of pyridine rings is 1. The molecule has 6 nitrogen and oxygen atoms in total. The molecule has 0 unspecified atom stereocenters. The minimum absolute atomic E-state index is 0.0231. The first-order valence-electron chi connectivity index (χ1n) is 8.77. The molecule has 2 aromatic heterocycles. The molecular weight excluding hydrogens is 352 g/mol. The maximum Gasteiger partial charge on any atom is 0.255 e. The summed E-state index contributed by atoms with van der Waals surface area (Å²) in [7, 11) is 0. The van der Waals surface area contributed by atoms with Crippen molar-refractivity contribution >= 4 is 28.4 Å². The molecule has 1 aromatic carbocycles. The Morgan fingerprint density at radius 2 is 2.14 bits per heavy atom. The van der Waals surface area contributed by atoms with E-state index in [1.807, 2.05) is 6.08 Å². The number of carbonyl (C=O) groups is 2. The number of hydrogen-bond acceptors (Lipinski definition) is 4. The summed E-state index contributed by atoms with van der Waals surface area (Å²) in [4.78, 5) is 35.6. The Balaban J connectivity index is 1.74. The predicted octanol–water partition coefficient (Wildman–Crippen LogP) is 4.01. The number of aromatic amines is 1. The number of aromatic nitrogens is 3. The monoisotopic (exact) mass is 372 g/mol. The number of carbonyl (C=O) groups excluding carboxylic acids is 2. The number of nitrogens with zero attached hydrogens (tertiary/aromatic N) is 2. The summed E-state index contributed by atoms with van der Waals surface area (Å²) in [5, 5.41) is 2.81. The zero-order chi connectivity index (χ0) is 19.9. The van der Waals surface area contributed by atoms with Crippen LogP contribution in [0.1, 0.15) is 23.1 Å². The Hall–Kier alpha value is -3.80. The fourth-order valence-electron chi connectivity index (χ4n) is 2.66. The molecule has 0 fully saturated rings. The Labute approximate surface area is 162 Å². The van der Waals surface area contributed by atoms with E-state index in [1.54, 1.807) is 61.0 Å². The molecule has 2 N–H and O–H groups in total. The van der Waals surface area contributed by atoms with E-state index in [-0.39, 0.29) is 11.7 Å². The summed E-state index contributed by atoms with van der Waals surface area (Å²) < 4.78 is 0. The molecule has 0 saturated carbocycles. The molecule has 1 amide bonds. The van der Waals surface area contributed by atoms with Gasteiger partial charge in [0, 0.05) is 23.8 Å². The van der Waals surface area contributed by atoms with E-state index in [0.29, 0.717) is 23.2 Å². The van der Waals surface area contributed by atoms with Crippen LogP contribution in [0.25, 0.3) is 11.0 Å². The largest absolute Gasteiger partial charge is 0.342 e. The fourth-order valence-corrected chi connectivity index (χ4v) is 2.66. The number of amides is 1. The molecule has 0 atom stereocenters. The Morgan fingerprint density at radius 3 is 2.86 bits per heavy atom. The van der Waals surface area contributed by atoms with Crippen LogP contribution in [0.15, 0.2) is 79.2 Å². The van der Waals surface area contributed by atoms with Crippen LogP contribution < -0.4 is 5.32 Å². The van der Waals surface area contributed by atoms with Crippen molar-refractivity contribution in [1.29, 1.82) is 0 Å². The molecule has 3 aromatic rings. The summed E-state index contributed by atoms with van der Waals surface area (Å²) in [6.07, 6.45) is 10.6. The predicted molar refractivity (Wildman–Crippen MR) is 110 cm³/mol. The Bertz CT molecular complexity index is 1080. The second kappa shape index (κ2) is 8.73. The van der Waals surface area contributed by atoms with Crippen molar-refractivity contribution in [3.05, 3.63) is 90.6 Å². The van der Waals surface area contributed by atoms with E-state index >= 15 is 0 Å². The molecule has 2 heterocycles. The van der Waals surface area contributed by atoms with E-state index in [4.69, 9.17) is 0 Å². The Morgan fingerprint density at radius 1 is 1.29 bits per heavy atom. The van der Waals surface area contributed by atoms with Crippen LogP contribution in [0.2, 0.25) is 0 Å². The first-order valence-corrected chi connectivity index (χ1v) is 8.77. The summed E-state index contributed by atoms with van der Waals surface area (Å²) in [5.74, 6) is 0.509. The van der Waals surface area contributed by atoms with Gasteiger partial charge in [0.15, 0.2) is 5.78 Å². The zero-order valence-corrected chi connectivity index (χ0v) is 15.5. The summed E-state index contributed by atoms with van der Waals surface area (Å²) in [6, 6.07) is 8.83. The standard InChI is InChI=1S/C22H20N4O2/c1-3-6-16(15(2)27)7-4-9-21-25-19-11-10-17(13-20(19)26-21)22(28)24-18-8-5-12-23-14-18/h3-8,10-14H,1,9H2,2H3,(H,24,28)(H,25,26)/b7-4-,16-6+. The third-order valence-electron chi connectivity index (χ3n) is 4.03. The molecule has 0 aliphatic heterocycles. The minimum Gasteiger partial charge on any atom is -0.342 e. The quantitative estimate of drug-likeness (QED) is 0.484. The van der Waals surface area contributed by atoms with Gasteiger partial charge < -0.3 is 10.3 Å². The van der Waals surface area contributed by atoms with Gasteiger partial charge in [-0.15, -0.1) is 0 Å². The lowest BCUT2D eigenvalue weighted by molar-refractivity contribution is -0.113. The van der Waals surface area contributed by atoms with E-state index < -0.39 is 0 Å². The van der Waals surface area contributed by atoms with Crippen molar-refractivity contribution in [2.75, 3.05) is 5.32 Å². The zero-order valence-electron chi connectivity index (χ0n) is 15.5. The van der Waals surface area contributed by atoms with E-state index in [1.165, 1.54) is 6.92 Å². The SMILES string of the molecule is C=C/C=C(\C=C/Cc1nc2ccc(C(=O)Nc3cccnc3)cc2[nH]1)C(C)=O. The van der Waals surface area contributed by atoms with Crippen LogP contribution in [-0.2, 0) is 11.2 Å². The highest BCUT2D eigenvalue weighted by molar-refractivity contribution is 6.05. The summed E-state index contributed by atoms with van der Waals surface area (Å²) >= 11 is 0. The topological polar surface area (TPSA) is 87.7 Å². The maximum atomic E-state index is 12.4. The van der Waals surface area contributed by atoms with E-state index in [0.717, 1.165) is 16.9 Å². The lowest BCUT2D eigenvalue weighted by Gasteiger charge is -2.04. The van der Waals surface area contributed by atoms with Crippen LogP contribution in [0, 0.1) is 0 Å². The first kappa shape index (κ1) is 19.0. The van der Waals surface area contributed by atoms with Crippen molar-refractivity contribution in [3.63, 3.8) is 0 Å². The molecule has 0 bridgehead atoms. The molecule has 0 aliphatic carbocycles. The molecule has 28 heavy (non-hydrogen) atoms. The maximum absolute atomic E-state index is 12.4. The van der Waals surface area contributed by atoms with Crippen LogP contribution in [0.3, 0.4) is 0 Å². The molecular formula is C22H20N4O2. The Kier molecular flexibility index (Phi) is 5.91. The number of imidazole rings is 1. The van der Waals surface area contributed by atoms with Crippen LogP contribution >= 0.6 is 0 Å². The minimum atomic E-state index is -0.216. The van der Waals surface area contributed by atoms with Gasteiger partial charge in [-0.05, 0) is 37.3 Å². The van der Waals surface area contributed by atoms with Crippen molar-refractivity contribution in [3.8, 4) is 0 Å². The number of anilines is 1. The number of Topliss-reactive ketones (excluding diaryl/α,β-unsaturated/α-hetero) is 1. The van der Waals surface area contributed by atoms with Gasteiger partial charge in [-0.1, -0.05) is 30.9 Å². The summed E-state index contributed by atoms with van der Waals surface area (Å²) in [5.41, 5.74) is 3.29. The van der Waals surface area contributed by atoms with Crippen LogP contribution in [0.5, 0.6) is 0 Å². The smallest absolute Gasteiger partial charge is 0.255 e. The number of benzene rings is 1. The molecule has 3 rings (SSSR count). The molecule has 0 spiro atoms. The fraction of sp³-hybridized carbons (Fsp3) is 0.0909. The van der Waals surface area contributed by atoms with Gasteiger partial charge in [-0.3, -0.25) is 14.6 Å². The molecule has 0 aliphatic rings. The van der Waals surface area contributed by atoms with Crippen molar-refractivity contribution in [2.45, 2.75) is 13.3 Å². The van der Waals surface area contributed by atoms with Gasteiger partial charge in [0.1, 0.15) is 5.82 Å².